The Hall–Kier alpha value is -2.30. The third-order valence-corrected chi connectivity index (χ3v) is 4.57. The Kier molecular flexibility index (Phi) is 5.59. The van der Waals surface area contributed by atoms with Gasteiger partial charge in [0.15, 0.2) is 6.29 Å². The van der Waals surface area contributed by atoms with Crippen LogP contribution in [-0.4, -0.2) is 63.6 Å². The van der Waals surface area contributed by atoms with Crippen LogP contribution >= 0.6 is 0 Å². The van der Waals surface area contributed by atoms with Crippen LogP contribution in [0.25, 0.3) is 11.0 Å². The largest absolute Gasteiger partial charge is 0.423 e. The Morgan fingerprint density at radius 3 is 2.63 bits per heavy atom. The van der Waals surface area contributed by atoms with Crippen molar-refractivity contribution in [2.75, 3.05) is 6.61 Å². The lowest BCUT2D eigenvalue weighted by Crippen LogP contribution is -2.64. The quantitative estimate of drug-likeness (QED) is 0.406. The zero-order valence-corrected chi connectivity index (χ0v) is 14.5. The molecule has 1 amide bonds. The maximum atomic E-state index is 12.3. The molecule has 1 aromatic carbocycles. The van der Waals surface area contributed by atoms with Gasteiger partial charge in [-0.1, -0.05) is 12.1 Å². The van der Waals surface area contributed by atoms with Crippen molar-refractivity contribution in [3.8, 4) is 0 Å². The summed E-state index contributed by atoms with van der Waals surface area (Å²) in [7, 11) is 0. The minimum atomic E-state index is -1.58. The number of aliphatic hydroxyl groups excluding tert-OH is 4. The predicted octanol–water partition coefficient (Wildman–Crippen LogP) is -1.44. The minimum absolute atomic E-state index is 0.108. The Labute approximate surface area is 153 Å². The average Bonchev–Trinajstić information content (AvgIpc) is 2.63. The highest BCUT2D eigenvalue weighted by molar-refractivity contribution is 5.82. The number of aryl methyl sites for hydroxylation is 1. The maximum absolute atomic E-state index is 12.3. The fraction of sp³-hybridized carbons (Fsp3) is 0.444. The topological polar surface area (TPSA) is 149 Å². The molecular formula is C18H21NO8. The predicted molar refractivity (Wildman–Crippen MR) is 92.8 cm³/mol. The fourth-order valence-electron chi connectivity index (χ4n) is 3.04. The molecule has 1 aromatic heterocycles. The first-order chi connectivity index (χ1) is 12.8. The first-order valence-corrected chi connectivity index (χ1v) is 8.43. The van der Waals surface area contributed by atoms with Gasteiger partial charge >= 0.3 is 5.63 Å². The SMILES string of the molecule is Cc1cc2ccc(CC(=O)N[C@@H]3[C@@H](O)[C@H](O)[C@@H](CO)O[C@H]3O)cc2oc1=O. The fourth-order valence-corrected chi connectivity index (χ4v) is 3.04. The lowest BCUT2D eigenvalue weighted by molar-refractivity contribution is -0.253. The minimum Gasteiger partial charge on any atom is -0.423 e. The van der Waals surface area contributed by atoms with Crippen LogP contribution in [0, 0.1) is 6.92 Å². The standard InChI is InChI=1S/C18H21NO8/c1-8-4-10-3-2-9(5-11(10)26-17(8)24)6-13(21)19-14-16(23)15(22)12(7-20)27-18(14)25/h2-5,12,14-16,18,20,22-23,25H,6-7H2,1H3,(H,19,21)/t12-,14-,15-,16-,18-/m1/s1. The lowest BCUT2D eigenvalue weighted by atomic mass is 9.96. The molecule has 1 aliphatic heterocycles. The molecule has 146 valence electrons. The van der Waals surface area contributed by atoms with Crippen molar-refractivity contribution < 1.29 is 34.4 Å². The number of carbonyl (C=O) groups excluding carboxylic acids is 1. The van der Waals surface area contributed by atoms with Gasteiger partial charge in [-0.2, -0.15) is 0 Å². The number of fused-ring (bicyclic) bond motifs is 1. The van der Waals surface area contributed by atoms with Crippen LogP contribution in [0.3, 0.4) is 0 Å². The van der Waals surface area contributed by atoms with Gasteiger partial charge in [0, 0.05) is 10.9 Å². The number of amides is 1. The second-order valence-electron chi connectivity index (χ2n) is 6.59. The third kappa shape index (κ3) is 4.02. The van der Waals surface area contributed by atoms with Crippen molar-refractivity contribution >= 4 is 16.9 Å². The first-order valence-electron chi connectivity index (χ1n) is 8.43. The van der Waals surface area contributed by atoms with Gasteiger partial charge in [-0.25, -0.2) is 4.79 Å². The normalized spacial score (nSPS) is 28.3. The summed E-state index contributed by atoms with van der Waals surface area (Å²) in [5.41, 5.74) is 0.926. The van der Waals surface area contributed by atoms with E-state index in [9.17, 15) is 24.9 Å². The molecule has 5 N–H and O–H groups in total. The molecule has 0 aliphatic carbocycles. The molecule has 0 bridgehead atoms. The average molecular weight is 379 g/mol. The van der Waals surface area contributed by atoms with Gasteiger partial charge in [0.25, 0.3) is 0 Å². The van der Waals surface area contributed by atoms with Crippen molar-refractivity contribution in [2.45, 2.75) is 44.0 Å². The molecule has 0 radical (unpaired) electrons. The summed E-state index contributed by atoms with van der Waals surface area (Å²) in [6, 6.07) is 5.42. The number of ether oxygens (including phenoxy) is 1. The van der Waals surface area contributed by atoms with E-state index < -0.39 is 48.8 Å². The highest BCUT2D eigenvalue weighted by Gasteiger charge is 2.44. The molecule has 2 aromatic rings. The number of carbonyl (C=O) groups is 1. The van der Waals surface area contributed by atoms with Gasteiger partial charge in [0.1, 0.15) is 29.9 Å². The Morgan fingerprint density at radius 2 is 1.93 bits per heavy atom. The summed E-state index contributed by atoms with van der Waals surface area (Å²) >= 11 is 0. The summed E-state index contributed by atoms with van der Waals surface area (Å²) in [5.74, 6) is -0.537. The monoisotopic (exact) mass is 379 g/mol. The van der Waals surface area contributed by atoms with Crippen LogP contribution in [0.15, 0.2) is 33.5 Å². The number of benzene rings is 1. The van der Waals surface area contributed by atoms with Crippen LogP contribution in [0.5, 0.6) is 0 Å². The zero-order valence-electron chi connectivity index (χ0n) is 14.5. The van der Waals surface area contributed by atoms with E-state index in [2.05, 4.69) is 5.32 Å². The Balaban J connectivity index is 1.71. The molecule has 1 aliphatic rings. The van der Waals surface area contributed by atoms with Crippen LogP contribution in [0.1, 0.15) is 11.1 Å². The van der Waals surface area contributed by atoms with E-state index in [0.29, 0.717) is 16.7 Å². The van der Waals surface area contributed by atoms with E-state index in [1.54, 1.807) is 31.2 Å². The van der Waals surface area contributed by atoms with Crippen molar-refractivity contribution in [1.82, 2.24) is 5.32 Å². The van der Waals surface area contributed by atoms with Gasteiger partial charge in [-0.05, 0) is 24.6 Å². The third-order valence-electron chi connectivity index (χ3n) is 4.57. The molecule has 1 saturated heterocycles. The molecule has 0 spiro atoms. The van der Waals surface area contributed by atoms with Crippen molar-refractivity contribution in [2.24, 2.45) is 0 Å². The van der Waals surface area contributed by atoms with E-state index in [0.717, 1.165) is 5.39 Å². The van der Waals surface area contributed by atoms with Crippen LogP contribution in [-0.2, 0) is 16.0 Å². The van der Waals surface area contributed by atoms with Gasteiger partial charge in [0.2, 0.25) is 5.91 Å². The zero-order chi connectivity index (χ0) is 19.7. The van der Waals surface area contributed by atoms with E-state index in [-0.39, 0.29) is 6.42 Å². The molecule has 0 unspecified atom stereocenters. The lowest BCUT2D eigenvalue weighted by Gasteiger charge is -2.40. The molecular weight excluding hydrogens is 358 g/mol. The summed E-state index contributed by atoms with van der Waals surface area (Å²) in [6.45, 7) is 1.06. The number of rotatable bonds is 4. The summed E-state index contributed by atoms with van der Waals surface area (Å²) in [5, 5.41) is 42.0. The number of hydrogen-bond donors (Lipinski definition) is 5. The van der Waals surface area contributed by atoms with Gasteiger partial charge in [0.05, 0.1) is 13.0 Å². The Morgan fingerprint density at radius 1 is 1.19 bits per heavy atom. The van der Waals surface area contributed by atoms with Gasteiger partial charge < -0.3 is 34.9 Å². The molecule has 1 fully saturated rings. The van der Waals surface area contributed by atoms with Crippen LogP contribution in [0.2, 0.25) is 0 Å². The Bertz CT molecular complexity index is 895. The highest BCUT2D eigenvalue weighted by Crippen LogP contribution is 2.20. The maximum Gasteiger partial charge on any atom is 0.339 e. The number of nitrogens with one attached hydrogen (secondary N) is 1. The van der Waals surface area contributed by atoms with Crippen molar-refractivity contribution in [1.29, 1.82) is 0 Å². The van der Waals surface area contributed by atoms with Crippen LogP contribution in [0.4, 0.5) is 0 Å². The smallest absolute Gasteiger partial charge is 0.339 e. The molecule has 0 saturated carbocycles. The second-order valence-corrected chi connectivity index (χ2v) is 6.59. The van der Waals surface area contributed by atoms with Gasteiger partial charge in [-0.3, -0.25) is 4.79 Å². The second kappa shape index (κ2) is 7.75. The van der Waals surface area contributed by atoms with Crippen molar-refractivity contribution in [3.63, 3.8) is 0 Å². The van der Waals surface area contributed by atoms with Crippen LogP contribution < -0.4 is 10.9 Å². The van der Waals surface area contributed by atoms with Crippen molar-refractivity contribution in [3.05, 3.63) is 45.8 Å². The summed E-state index contributed by atoms with van der Waals surface area (Å²) in [4.78, 5) is 23.9. The van der Waals surface area contributed by atoms with E-state index >= 15 is 0 Å². The number of hydrogen-bond acceptors (Lipinski definition) is 8. The van der Waals surface area contributed by atoms with E-state index in [1.165, 1.54) is 0 Å². The molecule has 5 atom stereocenters. The highest BCUT2D eigenvalue weighted by atomic mass is 16.6. The molecule has 27 heavy (non-hydrogen) atoms. The summed E-state index contributed by atoms with van der Waals surface area (Å²) in [6.07, 6.45) is -5.80. The number of aliphatic hydroxyl groups is 4. The summed E-state index contributed by atoms with van der Waals surface area (Å²) < 4.78 is 10.2. The molecule has 9 nitrogen and oxygen atoms in total. The molecule has 3 rings (SSSR count). The van der Waals surface area contributed by atoms with E-state index in [4.69, 9.17) is 14.3 Å². The molecule has 2 heterocycles. The van der Waals surface area contributed by atoms with E-state index in [1.807, 2.05) is 0 Å². The van der Waals surface area contributed by atoms with Gasteiger partial charge in [-0.15, -0.1) is 0 Å². The first kappa shape index (κ1) is 19.5. The molecule has 9 heteroatoms.